The van der Waals surface area contributed by atoms with Crippen LogP contribution < -0.4 is 10.1 Å². The van der Waals surface area contributed by atoms with Crippen LogP contribution in [0.3, 0.4) is 0 Å². The van der Waals surface area contributed by atoms with E-state index < -0.39 is 0 Å². The highest BCUT2D eigenvalue weighted by atomic mass is 32.1. The molecule has 1 aliphatic rings. The number of rotatable bonds is 8. The molecule has 2 aromatic rings. The summed E-state index contributed by atoms with van der Waals surface area (Å²) in [4.78, 5) is 20.2. The number of aromatic nitrogens is 1. The van der Waals surface area contributed by atoms with E-state index in [1.165, 1.54) is 29.7 Å². The number of likely N-dealkylation sites (tertiary alicyclic amines) is 1. The third-order valence-corrected chi connectivity index (χ3v) is 5.93. The number of ether oxygens (including phenoxy) is 1. The van der Waals surface area contributed by atoms with Gasteiger partial charge in [0.15, 0.2) is 5.13 Å². The number of anilines is 1. The van der Waals surface area contributed by atoms with Gasteiger partial charge in [0.1, 0.15) is 5.75 Å². The Labute approximate surface area is 165 Å². The van der Waals surface area contributed by atoms with Crippen molar-refractivity contribution >= 4 is 22.4 Å². The molecule has 3 rings (SSSR count). The maximum atomic E-state index is 12.1. The second kappa shape index (κ2) is 9.85. The maximum Gasteiger partial charge on any atom is 0.229 e. The molecule has 27 heavy (non-hydrogen) atoms. The van der Waals surface area contributed by atoms with Gasteiger partial charge in [-0.2, -0.15) is 0 Å². The van der Waals surface area contributed by atoms with Gasteiger partial charge in [0.2, 0.25) is 5.91 Å². The molecule has 1 unspecified atom stereocenters. The van der Waals surface area contributed by atoms with Gasteiger partial charge in [0.25, 0.3) is 0 Å². The van der Waals surface area contributed by atoms with Crippen molar-refractivity contribution in [1.82, 2.24) is 9.88 Å². The minimum Gasteiger partial charge on any atom is -0.493 e. The molecule has 1 N–H and O–H groups in total. The molecule has 0 spiro atoms. The molecule has 0 saturated carbocycles. The molecule has 1 aromatic heterocycles. The first-order chi connectivity index (χ1) is 13.1. The molecule has 2 heterocycles. The molecule has 146 valence electrons. The summed E-state index contributed by atoms with van der Waals surface area (Å²) >= 11 is 1.57. The molecule has 0 radical (unpaired) electrons. The van der Waals surface area contributed by atoms with Crippen molar-refractivity contribution in [3.63, 3.8) is 0 Å². The van der Waals surface area contributed by atoms with Crippen LogP contribution in [0.1, 0.15) is 50.0 Å². The van der Waals surface area contributed by atoms with Crippen molar-refractivity contribution in [1.29, 1.82) is 0 Å². The molecular formula is C21H29N3O2S. The van der Waals surface area contributed by atoms with E-state index in [9.17, 15) is 4.79 Å². The summed E-state index contributed by atoms with van der Waals surface area (Å²) in [7, 11) is 0. The van der Waals surface area contributed by atoms with Gasteiger partial charge in [0, 0.05) is 23.7 Å². The van der Waals surface area contributed by atoms with E-state index in [-0.39, 0.29) is 5.91 Å². The molecule has 0 bridgehead atoms. The molecule has 1 aromatic carbocycles. The summed E-state index contributed by atoms with van der Waals surface area (Å²) in [6.45, 7) is 6.85. The lowest BCUT2D eigenvalue weighted by molar-refractivity contribution is -0.116. The molecule has 1 atom stereocenters. The average molecular weight is 388 g/mol. The molecule has 5 nitrogen and oxygen atoms in total. The summed E-state index contributed by atoms with van der Waals surface area (Å²) in [5.41, 5.74) is 1.28. The van der Waals surface area contributed by atoms with E-state index in [0.29, 0.717) is 24.2 Å². The fraction of sp³-hybridized carbons (Fsp3) is 0.524. The highest BCUT2D eigenvalue weighted by molar-refractivity contribution is 7.15. The average Bonchev–Trinajstić information content (AvgIpc) is 3.11. The Bertz CT molecular complexity index is 729. The van der Waals surface area contributed by atoms with Crippen molar-refractivity contribution < 1.29 is 9.53 Å². The van der Waals surface area contributed by atoms with Crippen molar-refractivity contribution in [2.45, 2.75) is 58.5 Å². The minimum atomic E-state index is -0.0626. The van der Waals surface area contributed by atoms with Gasteiger partial charge in [-0.3, -0.25) is 9.69 Å². The van der Waals surface area contributed by atoms with E-state index in [2.05, 4.69) is 41.2 Å². The van der Waals surface area contributed by atoms with E-state index in [0.717, 1.165) is 25.3 Å². The van der Waals surface area contributed by atoms with E-state index >= 15 is 0 Å². The second-order valence-electron chi connectivity index (χ2n) is 7.09. The van der Waals surface area contributed by atoms with E-state index in [4.69, 9.17) is 4.74 Å². The van der Waals surface area contributed by atoms with Gasteiger partial charge in [-0.25, -0.2) is 4.98 Å². The Balaban J connectivity index is 1.40. The standard InChI is InChI=1S/C21H29N3O2S/c1-3-17-7-9-18(10-8-17)26-13-11-20(25)23-21-22-14-19(27-21)15-24-12-5-4-6-16(24)2/h7-10,14,16H,3-6,11-13,15H2,1-2H3,(H,22,23,25). The van der Waals surface area contributed by atoms with Crippen molar-refractivity contribution in [3.8, 4) is 5.75 Å². The van der Waals surface area contributed by atoms with Crippen LogP contribution in [0.5, 0.6) is 5.75 Å². The number of carbonyl (C=O) groups is 1. The fourth-order valence-electron chi connectivity index (χ4n) is 3.30. The number of amides is 1. The molecule has 1 saturated heterocycles. The van der Waals surface area contributed by atoms with Crippen LogP contribution in [-0.2, 0) is 17.8 Å². The summed E-state index contributed by atoms with van der Waals surface area (Å²) in [5, 5.41) is 3.56. The zero-order valence-electron chi connectivity index (χ0n) is 16.2. The maximum absolute atomic E-state index is 12.1. The Hall–Kier alpha value is -1.92. The molecule has 1 aliphatic heterocycles. The first kappa shape index (κ1) is 19.8. The molecule has 1 amide bonds. The summed E-state index contributed by atoms with van der Waals surface area (Å²) in [6.07, 6.45) is 7.07. The zero-order chi connectivity index (χ0) is 19.1. The Morgan fingerprint density at radius 1 is 1.33 bits per heavy atom. The Morgan fingerprint density at radius 2 is 2.15 bits per heavy atom. The number of thiazole rings is 1. The predicted octanol–water partition coefficient (Wildman–Crippen LogP) is 4.49. The Morgan fingerprint density at radius 3 is 2.89 bits per heavy atom. The number of hydrogen-bond donors (Lipinski definition) is 1. The third-order valence-electron chi connectivity index (χ3n) is 5.03. The lowest BCUT2D eigenvalue weighted by Crippen LogP contribution is -2.36. The molecular weight excluding hydrogens is 358 g/mol. The van der Waals surface area contributed by atoms with Crippen LogP contribution >= 0.6 is 11.3 Å². The quantitative estimate of drug-likeness (QED) is 0.725. The molecule has 0 aliphatic carbocycles. The highest BCUT2D eigenvalue weighted by Crippen LogP contribution is 2.24. The van der Waals surface area contributed by atoms with E-state index in [1.807, 2.05) is 18.3 Å². The number of benzene rings is 1. The number of piperidine rings is 1. The van der Waals surface area contributed by atoms with Gasteiger partial charge in [0.05, 0.1) is 13.0 Å². The number of nitrogens with one attached hydrogen (secondary N) is 1. The summed E-state index contributed by atoms with van der Waals surface area (Å²) in [6, 6.07) is 8.63. The fourth-order valence-corrected chi connectivity index (χ4v) is 4.15. The predicted molar refractivity (Wildman–Crippen MR) is 110 cm³/mol. The topological polar surface area (TPSA) is 54.5 Å². The highest BCUT2D eigenvalue weighted by Gasteiger charge is 2.19. The van der Waals surface area contributed by atoms with Gasteiger partial charge < -0.3 is 10.1 Å². The van der Waals surface area contributed by atoms with Crippen molar-refractivity contribution in [2.75, 3.05) is 18.5 Å². The second-order valence-corrected chi connectivity index (χ2v) is 8.21. The minimum absolute atomic E-state index is 0.0626. The van der Waals surface area contributed by atoms with Gasteiger partial charge >= 0.3 is 0 Å². The summed E-state index contributed by atoms with van der Waals surface area (Å²) < 4.78 is 5.65. The third kappa shape index (κ3) is 6.04. The lowest BCUT2D eigenvalue weighted by Gasteiger charge is -2.32. The SMILES string of the molecule is CCc1ccc(OCCC(=O)Nc2ncc(CN3CCCCC3C)s2)cc1. The van der Waals surface area contributed by atoms with E-state index in [1.54, 1.807) is 11.3 Å². The number of hydrogen-bond acceptors (Lipinski definition) is 5. The smallest absolute Gasteiger partial charge is 0.229 e. The van der Waals surface area contributed by atoms with Gasteiger partial charge in [-0.1, -0.05) is 25.5 Å². The Kier molecular flexibility index (Phi) is 7.24. The van der Waals surface area contributed by atoms with Crippen LogP contribution in [-0.4, -0.2) is 35.0 Å². The first-order valence-electron chi connectivity index (χ1n) is 9.84. The largest absolute Gasteiger partial charge is 0.493 e. The summed E-state index contributed by atoms with van der Waals surface area (Å²) in [5.74, 6) is 0.736. The van der Waals surface area contributed by atoms with Crippen molar-refractivity contribution in [3.05, 3.63) is 40.9 Å². The molecule has 1 fully saturated rings. The zero-order valence-corrected chi connectivity index (χ0v) is 17.1. The van der Waals surface area contributed by atoms with Crippen LogP contribution in [0.15, 0.2) is 30.5 Å². The lowest BCUT2D eigenvalue weighted by atomic mass is 10.0. The van der Waals surface area contributed by atoms with Crippen LogP contribution in [0.25, 0.3) is 0 Å². The van der Waals surface area contributed by atoms with Crippen molar-refractivity contribution in [2.24, 2.45) is 0 Å². The van der Waals surface area contributed by atoms with Crippen LogP contribution in [0.4, 0.5) is 5.13 Å². The first-order valence-corrected chi connectivity index (χ1v) is 10.7. The molecule has 6 heteroatoms. The monoisotopic (exact) mass is 387 g/mol. The van der Waals surface area contributed by atoms with Crippen LogP contribution in [0.2, 0.25) is 0 Å². The normalized spacial score (nSPS) is 17.6. The van der Waals surface area contributed by atoms with Gasteiger partial charge in [-0.15, -0.1) is 11.3 Å². The number of nitrogens with zero attached hydrogens (tertiary/aromatic N) is 2. The van der Waals surface area contributed by atoms with Crippen LogP contribution in [0, 0.1) is 0 Å². The number of carbonyl (C=O) groups excluding carboxylic acids is 1. The number of aryl methyl sites for hydroxylation is 1. The van der Waals surface area contributed by atoms with Gasteiger partial charge in [-0.05, 0) is 50.4 Å².